The summed E-state index contributed by atoms with van der Waals surface area (Å²) in [7, 11) is 0. The summed E-state index contributed by atoms with van der Waals surface area (Å²) < 4.78 is 7.30. The van der Waals surface area contributed by atoms with E-state index in [0.717, 1.165) is 91.5 Å². The first-order valence-corrected chi connectivity index (χ1v) is 18.2. The number of piperazine rings is 1. The molecule has 48 heavy (non-hydrogen) atoms. The van der Waals surface area contributed by atoms with Gasteiger partial charge < -0.3 is 14.5 Å². The number of nitrogens with zero attached hydrogens (tertiary/aromatic N) is 5. The molecule has 7 rings (SSSR count). The van der Waals surface area contributed by atoms with Gasteiger partial charge in [0.15, 0.2) is 0 Å². The molecule has 0 bridgehead atoms. The summed E-state index contributed by atoms with van der Waals surface area (Å²) in [5.74, 6) is 1.40. The summed E-state index contributed by atoms with van der Waals surface area (Å²) in [6.45, 7) is 5.28. The Labute approximate surface area is 296 Å². The number of carbonyl (C=O) groups is 1. The number of pyridine rings is 1. The molecule has 2 fully saturated rings. The maximum absolute atomic E-state index is 13.6. The zero-order valence-corrected chi connectivity index (χ0v) is 29.5. The Hall–Kier alpha value is -3.72. The number of amidine groups is 1. The van der Waals surface area contributed by atoms with E-state index < -0.39 is 0 Å². The second-order valence-corrected chi connectivity index (χ2v) is 14.3. The lowest BCUT2D eigenvalue weighted by molar-refractivity contribution is -0.134. The fourth-order valence-corrected chi connectivity index (χ4v) is 7.82. The second kappa shape index (κ2) is 15.2. The Bertz CT molecular complexity index is 1680. The van der Waals surface area contributed by atoms with Crippen LogP contribution in [0.15, 0.2) is 101 Å². The van der Waals surface area contributed by atoms with Gasteiger partial charge in [-0.3, -0.25) is 14.7 Å². The van der Waals surface area contributed by atoms with Crippen molar-refractivity contribution in [3.8, 4) is 5.75 Å². The lowest BCUT2D eigenvalue weighted by Gasteiger charge is -2.40. The van der Waals surface area contributed by atoms with Crippen molar-refractivity contribution in [2.45, 2.75) is 44.7 Å². The van der Waals surface area contributed by atoms with Crippen molar-refractivity contribution in [2.75, 3.05) is 39.3 Å². The number of amides is 1. The molecule has 3 aromatic carbocycles. The number of hydrogen-bond acceptors (Lipinski definition) is 5. The van der Waals surface area contributed by atoms with E-state index in [4.69, 9.17) is 26.3 Å². The molecule has 0 spiro atoms. The van der Waals surface area contributed by atoms with Crippen molar-refractivity contribution in [3.05, 3.63) is 129 Å². The normalized spacial score (nSPS) is 19.0. The van der Waals surface area contributed by atoms with Crippen molar-refractivity contribution in [1.29, 1.82) is 0 Å². The number of carbonyl (C=O) groups excluding carboxylic acids is 1. The number of halogens is 2. The zero-order valence-electron chi connectivity index (χ0n) is 27.1. The maximum atomic E-state index is 13.6. The lowest BCUT2D eigenvalue weighted by Crippen LogP contribution is -2.50. The second-order valence-electron chi connectivity index (χ2n) is 13.0. The van der Waals surface area contributed by atoms with Crippen LogP contribution in [0.3, 0.4) is 0 Å². The first kappa shape index (κ1) is 32.8. The fraction of sp³-hybridized carbons (Fsp3) is 0.359. The molecular weight excluding hydrogens is 686 g/mol. The molecule has 3 aliphatic rings. The number of hydrogen-bond donors (Lipinski definition) is 0. The van der Waals surface area contributed by atoms with Crippen molar-refractivity contribution in [2.24, 2.45) is 10.9 Å². The van der Waals surface area contributed by atoms with E-state index in [2.05, 4.69) is 61.0 Å². The van der Waals surface area contributed by atoms with Crippen LogP contribution >= 0.6 is 27.5 Å². The van der Waals surface area contributed by atoms with Crippen LogP contribution in [-0.4, -0.2) is 70.9 Å². The van der Waals surface area contributed by atoms with Gasteiger partial charge in [-0.1, -0.05) is 66.2 Å². The number of para-hydroxylation sites is 1. The molecule has 0 N–H and O–H groups in total. The van der Waals surface area contributed by atoms with Gasteiger partial charge in [0.25, 0.3) is 6.02 Å². The summed E-state index contributed by atoms with van der Waals surface area (Å²) in [5, 5.41) is 0.772. The number of aliphatic imine (C=N–C) groups is 1. The quantitative estimate of drug-likeness (QED) is 0.152. The minimum Gasteiger partial charge on any atom is -0.426 e. The van der Waals surface area contributed by atoms with Crippen LogP contribution < -0.4 is 4.74 Å². The molecule has 0 radical (unpaired) electrons. The van der Waals surface area contributed by atoms with E-state index >= 15 is 0 Å². The summed E-state index contributed by atoms with van der Waals surface area (Å²) >= 11 is 10.1. The Kier molecular flexibility index (Phi) is 10.4. The van der Waals surface area contributed by atoms with Gasteiger partial charge in [-0.2, -0.15) is 0 Å². The molecule has 248 valence electrons. The molecule has 4 aromatic rings. The number of rotatable bonds is 6. The Morgan fingerprint density at radius 2 is 1.56 bits per heavy atom. The van der Waals surface area contributed by atoms with Gasteiger partial charge in [-0.05, 0) is 100 Å². The van der Waals surface area contributed by atoms with E-state index in [-0.39, 0.29) is 11.9 Å². The predicted octanol–water partition coefficient (Wildman–Crippen LogP) is 7.57. The van der Waals surface area contributed by atoms with Crippen LogP contribution in [0.1, 0.15) is 53.3 Å². The van der Waals surface area contributed by atoms with E-state index in [1.807, 2.05) is 60.8 Å². The van der Waals surface area contributed by atoms with Crippen LogP contribution in [0, 0.1) is 5.92 Å². The SMILES string of the molecule is O=C(CC1CCN(C(=NCc2ccccc2)Oc2ccccc2)CC1)N1CCN(C2c3ccc(Cl)cc3CCc3cc(Br)cnc32)CC1. The number of aromatic nitrogens is 1. The van der Waals surface area contributed by atoms with Crippen molar-refractivity contribution < 1.29 is 9.53 Å². The third-order valence-corrected chi connectivity index (χ3v) is 10.5. The molecule has 0 saturated carbocycles. The molecular formula is C39H41BrClN5O2. The number of ether oxygens (including phenoxy) is 1. The van der Waals surface area contributed by atoms with Crippen LogP contribution in [0.4, 0.5) is 0 Å². The van der Waals surface area contributed by atoms with Crippen LogP contribution in [0.2, 0.25) is 5.02 Å². The van der Waals surface area contributed by atoms with Gasteiger partial charge >= 0.3 is 0 Å². The summed E-state index contributed by atoms with van der Waals surface area (Å²) in [6, 6.07) is 29.3. The van der Waals surface area contributed by atoms with Crippen LogP contribution in [0.25, 0.3) is 0 Å². The first-order chi connectivity index (χ1) is 23.5. The van der Waals surface area contributed by atoms with Gasteiger partial charge in [0.2, 0.25) is 5.91 Å². The largest absolute Gasteiger partial charge is 0.426 e. The molecule has 1 unspecified atom stereocenters. The molecule has 3 heterocycles. The van der Waals surface area contributed by atoms with E-state index in [1.165, 1.54) is 16.7 Å². The van der Waals surface area contributed by atoms with Gasteiger partial charge in [-0.15, -0.1) is 0 Å². The highest BCUT2D eigenvalue weighted by atomic mass is 79.9. The highest BCUT2D eigenvalue weighted by molar-refractivity contribution is 9.10. The lowest BCUT2D eigenvalue weighted by atomic mass is 9.93. The molecule has 1 aromatic heterocycles. The maximum Gasteiger partial charge on any atom is 0.293 e. The summed E-state index contributed by atoms with van der Waals surface area (Å²) in [5.41, 5.74) is 6.10. The molecule has 2 saturated heterocycles. The highest BCUT2D eigenvalue weighted by Gasteiger charge is 2.34. The van der Waals surface area contributed by atoms with Crippen molar-refractivity contribution >= 4 is 39.5 Å². The summed E-state index contributed by atoms with van der Waals surface area (Å²) in [4.78, 5) is 30.2. The van der Waals surface area contributed by atoms with E-state index in [9.17, 15) is 4.79 Å². The monoisotopic (exact) mass is 725 g/mol. The molecule has 1 aliphatic carbocycles. The minimum absolute atomic E-state index is 0.0558. The third-order valence-electron chi connectivity index (χ3n) is 9.86. The molecule has 7 nitrogen and oxygen atoms in total. The van der Waals surface area contributed by atoms with E-state index in [0.29, 0.717) is 24.9 Å². The highest BCUT2D eigenvalue weighted by Crippen LogP contribution is 2.38. The Balaban J connectivity index is 0.963. The number of aryl methyl sites for hydroxylation is 2. The minimum atomic E-state index is 0.0558. The smallest absolute Gasteiger partial charge is 0.293 e. The van der Waals surface area contributed by atoms with Gasteiger partial charge in [0, 0.05) is 61.4 Å². The molecule has 9 heteroatoms. The van der Waals surface area contributed by atoms with Gasteiger partial charge in [0.1, 0.15) is 5.75 Å². The standard InChI is InChI=1S/C39H41BrClN5O2/c40-32-24-31-12-11-30-25-33(41)13-14-35(30)38(37(31)42-27-32)45-21-19-44(20-22-45)36(47)23-28-15-17-46(18-16-28)39(48-34-9-5-2-6-10-34)43-26-29-7-3-1-4-8-29/h1-10,13-14,24-25,27-28,38H,11-12,15-23,26H2. The predicted molar refractivity (Wildman–Crippen MR) is 194 cm³/mol. The average Bonchev–Trinajstić information content (AvgIpc) is 3.27. The molecule has 1 atom stereocenters. The summed E-state index contributed by atoms with van der Waals surface area (Å²) in [6.07, 6.45) is 6.24. The topological polar surface area (TPSA) is 61.3 Å². The Morgan fingerprint density at radius 3 is 2.31 bits per heavy atom. The first-order valence-electron chi connectivity index (χ1n) is 17.0. The van der Waals surface area contributed by atoms with E-state index in [1.54, 1.807) is 0 Å². The number of benzene rings is 3. The van der Waals surface area contributed by atoms with Crippen molar-refractivity contribution in [3.63, 3.8) is 0 Å². The van der Waals surface area contributed by atoms with Crippen LogP contribution in [-0.2, 0) is 24.2 Å². The van der Waals surface area contributed by atoms with Crippen LogP contribution in [0.5, 0.6) is 5.75 Å². The fourth-order valence-electron chi connectivity index (χ4n) is 7.25. The third kappa shape index (κ3) is 7.77. The Morgan fingerprint density at radius 1 is 0.854 bits per heavy atom. The zero-order chi connectivity index (χ0) is 32.9. The number of likely N-dealkylation sites (tertiary alicyclic amines) is 1. The average molecular weight is 727 g/mol. The molecule has 1 amide bonds. The van der Waals surface area contributed by atoms with Gasteiger partial charge in [-0.25, -0.2) is 4.99 Å². The van der Waals surface area contributed by atoms with Crippen molar-refractivity contribution in [1.82, 2.24) is 19.7 Å². The molecule has 2 aliphatic heterocycles. The number of fused-ring (bicyclic) bond motifs is 2. The number of piperidine rings is 1. The van der Waals surface area contributed by atoms with Gasteiger partial charge in [0.05, 0.1) is 18.3 Å².